The summed E-state index contributed by atoms with van der Waals surface area (Å²) in [7, 11) is 0. The fourth-order valence-corrected chi connectivity index (χ4v) is 5.27. The van der Waals surface area contributed by atoms with Gasteiger partial charge in [-0.3, -0.25) is 9.59 Å². The molecule has 0 heterocycles. The monoisotopic (exact) mass is 448 g/mol. The second-order valence-electron chi connectivity index (χ2n) is 9.34. The SMILES string of the molecule is O=C(NC1(C(=O)NC2CCCCC2C(=O)O)CC1)OCC1c2ccccc2-c2ccccc21. The average molecular weight is 449 g/mol. The molecule has 33 heavy (non-hydrogen) atoms. The highest BCUT2D eigenvalue weighted by Crippen LogP contribution is 2.44. The number of hydrogen-bond donors (Lipinski definition) is 3. The quantitative estimate of drug-likeness (QED) is 0.623. The van der Waals surface area contributed by atoms with Crippen LogP contribution >= 0.6 is 0 Å². The standard InChI is InChI=1S/C26H28N2O5/c29-23(30)20-11-5-6-12-22(20)27-24(31)26(13-14-26)28-25(32)33-15-21-18-9-3-1-7-16(18)17-8-2-4-10-19(17)21/h1-4,7-10,20-22H,5-6,11-15H2,(H,27,31)(H,28,32)(H,29,30). The zero-order chi connectivity index (χ0) is 23.0. The summed E-state index contributed by atoms with van der Waals surface area (Å²) in [6.45, 7) is 0.182. The van der Waals surface area contributed by atoms with E-state index < -0.39 is 29.6 Å². The first-order valence-electron chi connectivity index (χ1n) is 11.7. The van der Waals surface area contributed by atoms with Gasteiger partial charge in [0, 0.05) is 12.0 Å². The van der Waals surface area contributed by atoms with Crippen LogP contribution in [0, 0.1) is 5.92 Å². The number of fused-ring (bicyclic) bond motifs is 3. The number of ether oxygens (including phenoxy) is 1. The number of nitrogens with one attached hydrogen (secondary N) is 2. The van der Waals surface area contributed by atoms with Crippen molar-refractivity contribution in [2.75, 3.05) is 6.61 Å². The molecule has 0 aromatic heterocycles. The van der Waals surface area contributed by atoms with Crippen LogP contribution in [-0.2, 0) is 14.3 Å². The first-order valence-corrected chi connectivity index (χ1v) is 11.7. The molecule has 0 saturated heterocycles. The Morgan fingerprint density at radius 3 is 2.15 bits per heavy atom. The van der Waals surface area contributed by atoms with Gasteiger partial charge in [0.05, 0.1) is 5.92 Å². The Morgan fingerprint density at radius 1 is 0.939 bits per heavy atom. The van der Waals surface area contributed by atoms with Crippen molar-refractivity contribution in [3.05, 3.63) is 59.7 Å². The molecule has 2 atom stereocenters. The van der Waals surface area contributed by atoms with Gasteiger partial charge in [-0.05, 0) is 47.9 Å². The van der Waals surface area contributed by atoms with E-state index in [0.717, 1.165) is 35.1 Å². The molecule has 0 spiro atoms. The van der Waals surface area contributed by atoms with Crippen molar-refractivity contribution in [2.24, 2.45) is 5.92 Å². The van der Waals surface area contributed by atoms with Crippen LogP contribution in [0.2, 0.25) is 0 Å². The molecule has 7 heteroatoms. The van der Waals surface area contributed by atoms with E-state index in [1.807, 2.05) is 24.3 Å². The Morgan fingerprint density at radius 2 is 1.55 bits per heavy atom. The fraction of sp³-hybridized carbons (Fsp3) is 0.423. The van der Waals surface area contributed by atoms with E-state index in [2.05, 4.69) is 34.9 Å². The summed E-state index contributed by atoms with van der Waals surface area (Å²) in [4.78, 5) is 37.1. The number of amides is 2. The Labute approximate surface area is 192 Å². The molecule has 3 aliphatic rings. The molecule has 2 saturated carbocycles. The molecule has 2 fully saturated rings. The molecule has 3 N–H and O–H groups in total. The molecule has 3 aliphatic carbocycles. The maximum absolute atomic E-state index is 12.9. The number of hydrogen-bond acceptors (Lipinski definition) is 4. The van der Waals surface area contributed by atoms with Crippen LogP contribution in [0.15, 0.2) is 48.5 Å². The van der Waals surface area contributed by atoms with Gasteiger partial charge in [-0.15, -0.1) is 0 Å². The van der Waals surface area contributed by atoms with E-state index in [0.29, 0.717) is 25.7 Å². The van der Waals surface area contributed by atoms with E-state index in [9.17, 15) is 19.5 Å². The van der Waals surface area contributed by atoms with Gasteiger partial charge in [-0.1, -0.05) is 61.4 Å². The predicted molar refractivity (Wildman–Crippen MR) is 122 cm³/mol. The van der Waals surface area contributed by atoms with Gasteiger partial charge in [-0.2, -0.15) is 0 Å². The van der Waals surface area contributed by atoms with Crippen LogP contribution in [0.4, 0.5) is 4.79 Å². The second kappa shape index (κ2) is 8.54. The van der Waals surface area contributed by atoms with Crippen LogP contribution in [0.25, 0.3) is 11.1 Å². The number of carboxylic acids is 1. The molecule has 5 rings (SSSR count). The van der Waals surface area contributed by atoms with Crippen LogP contribution < -0.4 is 10.6 Å². The van der Waals surface area contributed by atoms with Gasteiger partial charge in [-0.25, -0.2) is 4.79 Å². The molecule has 2 aromatic carbocycles. The molecular weight excluding hydrogens is 420 g/mol. The number of alkyl carbamates (subject to hydrolysis) is 1. The third kappa shape index (κ3) is 4.08. The zero-order valence-electron chi connectivity index (χ0n) is 18.4. The third-order valence-corrected chi connectivity index (χ3v) is 7.27. The lowest BCUT2D eigenvalue weighted by Crippen LogP contribution is -2.54. The molecule has 2 unspecified atom stereocenters. The van der Waals surface area contributed by atoms with Crippen LogP contribution in [0.1, 0.15) is 55.6 Å². The van der Waals surface area contributed by atoms with Crippen molar-refractivity contribution in [1.82, 2.24) is 10.6 Å². The first kappa shape index (κ1) is 21.5. The minimum Gasteiger partial charge on any atom is -0.481 e. The highest BCUT2D eigenvalue weighted by Gasteiger charge is 2.52. The molecular formula is C26H28N2O5. The van der Waals surface area contributed by atoms with Crippen LogP contribution in [-0.4, -0.2) is 41.3 Å². The lowest BCUT2D eigenvalue weighted by molar-refractivity contribution is -0.144. The van der Waals surface area contributed by atoms with E-state index in [4.69, 9.17) is 4.74 Å². The molecule has 172 valence electrons. The van der Waals surface area contributed by atoms with Gasteiger partial charge in [0.25, 0.3) is 0 Å². The van der Waals surface area contributed by atoms with E-state index in [-0.39, 0.29) is 18.4 Å². The fourth-order valence-electron chi connectivity index (χ4n) is 5.27. The van der Waals surface area contributed by atoms with Gasteiger partial charge in [0.2, 0.25) is 5.91 Å². The first-order chi connectivity index (χ1) is 16.0. The van der Waals surface area contributed by atoms with Crippen molar-refractivity contribution < 1.29 is 24.2 Å². The van der Waals surface area contributed by atoms with Crippen LogP contribution in [0.5, 0.6) is 0 Å². The van der Waals surface area contributed by atoms with Gasteiger partial charge in [0.1, 0.15) is 12.1 Å². The molecule has 0 aliphatic heterocycles. The summed E-state index contributed by atoms with van der Waals surface area (Å²) < 4.78 is 5.59. The number of aliphatic carboxylic acids is 1. The van der Waals surface area contributed by atoms with Crippen LogP contribution in [0.3, 0.4) is 0 Å². The lowest BCUT2D eigenvalue weighted by Gasteiger charge is -2.30. The number of carboxylic acid groups (broad SMARTS) is 1. The largest absolute Gasteiger partial charge is 0.481 e. The minimum atomic E-state index is -0.997. The summed E-state index contributed by atoms with van der Waals surface area (Å²) in [5.74, 6) is -1.82. The summed E-state index contributed by atoms with van der Waals surface area (Å²) in [5.41, 5.74) is 3.56. The highest BCUT2D eigenvalue weighted by molar-refractivity contribution is 5.93. The Kier molecular flexibility index (Phi) is 5.56. The Bertz CT molecular complexity index is 1050. The van der Waals surface area contributed by atoms with Crippen molar-refractivity contribution in [2.45, 2.75) is 56.0 Å². The number of rotatable bonds is 6. The van der Waals surface area contributed by atoms with E-state index in [1.54, 1.807) is 0 Å². The molecule has 2 aromatic rings. The summed E-state index contributed by atoms with van der Waals surface area (Å²) in [6.07, 6.45) is 3.37. The highest BCUT2D eigenvalue weighted by atomic mass is 16.5. The summed E-state index contributed by atoms with van der Waals surface area (Å²) >= 11 is 0. The lowest BCUT2D eigenvalue weighted by atomic mass is 9.84. The van der Waals surface area contributed by atoms with E-state index in [1.165, 1.54) is 0 Å². The third-order valence-electron chi connectivity index (χ3n) is 7.27. The summed E-state index contributed by atoms with van der Waals surface area (Å²) in [6, 6.07) is 15.8. The maximum atomic E-state index is 12.9. The van der Waals surface area contributed by atoms with E-state index >= 15 is 0 Å². The minimum absolute atomic E-state index is 0.0503. The normalized spacial score (nSPS) is 22.5. The van der Waals surface area contributed by atoms with Crippen molar-refractivity contribution in [3.63, 3.8) is 0 Å². The molecule has 7 nitrogen and oxygen atoms in total. The Hall–Kier alpha value is -3.35. The Balaban J connectivity index is 1.21. The predicted octanol–water partition coefficient (Wildman–Crippen LogP) is 3.82. The molecule has 2 amide bonds. The van der Waals surface area contributed by atoms with Gasteiger partial charge >= 0.3 is 12.1 Å². The average Bonchev–Trinajstić information content (AvgIpc) is 3.53. The molecule has 0 bridgehead atoms. The number of carbonyl (C=O) groups is 3. The smallest absolute Gasteiger partial charge is 0.408 e. The zero-order valence-corrected chi connectivity index (χ0v) is 18.4. The number of carbonyl (C=O) groups excluding carboxylic acids is 2. The molecule has 0 radical (unpaired) electrons. The number of benzene rings is 2. The van der Waals surface area contributed by atoms with Crippen molar-refractivity contribution >= 4 is 18.0 Å². The van der Waals surface area contributed by atoms with Crippen molar-refractivity contribution in [3.8, 4) is 11.1 Å². The summed E-state index contributed by atoms with van der Waals surface area (Å²) in [5, 5.41) is 15.1. The topological polar surface area (TPSA) is 105 Å². The second-order valence-corrected chi connectivity index (χ2v) is 9.34. The maximum Gasteiger partial charge on any atom is 0.408 e. The van der Waals surface area contributed by atoms with Gasteiger partial charge < -0.3 is 20.5 Å². The van der Waals surface area contributed by atoms with Crippen molar-refractivity contribution in [1.29, 1.82) is 0 Å². The van der Waals surface area contributed by atoms with Gasteiger partial charge in [0.15, 0.2) is 0 Å².